The normalized spacial score (nSPS) is 18.2. The molecule has 0 aromatic heterocycles. The topological polar surface area (TPSA) is 118 Å². The number of aliphatic carboxylic acids is 2. The molecular formula is C82H76Co2N2O6Pd2. The number of carbonyl (C=O) groups is 2. The summed E-state index contributed by atoms with van der Waals surface area (Å²) < 4.78 is 11.0. The molecule has 8 aromatic carbocycles. The molecule has 4 aliphatic carbocycles. The van der Waals surface area contributed by atoms with E-state index in [9.17, 15) is 0 Å². The summed E-state index contributed by atoms with van der Waals surface area (Å²) >= 11 is 0. The average Bonchev–Trinajstić information content (AvgIpc) is 0.885. The second-order valence-electron chi connectivity index (χ2n) is 22.4. The maximum absolute atomic E-state index is 9.00. The van der Waals surface area contributed by atoms with Gasteiger partial charge < -0.3 is 19.7 Å². The number of hydrogen-bond donors (Lipinski definition) is 2. The van der Waals surface area contributed by atoms with Crippen molar-refractivity contribution in [3.8, 4) is 0 Å². The van der Waals surface area contributed by atoms with Gasteiger partial charge in [-0.1, -0.05) is 270 Å². The summed E-state index contributed by atoms with van der Waals surface area (Å²) in [5.41, 5.74) is 10.1. The third-order valence-corrected chi connectivity index (χ3v) is 15.2. The minimum Gasteiger partial charge on any atom is -0.481 e. The molecule has 20 radical (unpaired) electrons. The van der Waals surface area contributed by atoms with E-state index in [0.29, 0.717) is 23.9 Å². The Labute approximate surface area is 608 Å². The first-order valence-corrected chi connectivity index (χ1v) is 30.5. The summed E-state index contributed by atoms with van der Waals surface area (Å²) in [5.74, 6) is 13.9. The zero-order chi connectivity index (χ0) is 63.2. The van der Waals surface area contributed by atoms with E-state index in [1.54, 1.807) is 0 Å². The summed E-state index contributed by atoms with van der Waals surface area (Å²) in [6.07, 6.45) is 16.1. The van der Waals surface area contributed by atoms with Crippen LogP contribution < -0.4 is 0 Å². The molecule has 488 valence electrons. The SMILES string of the molecule is CC(=O)O.CC(=O)O.CC(C)[C@H]1COC([C]2[CH][CH][CH][CH]2)=N1.CC(C)[C@H]1COC([C]2[CH][CH][CH][CH]2)=N1.[Co].[Co].[Pd].[Pd].c1ccc([C]2[C](c3ccccc3)[C](c3ccccc3)[C]2c2ccccc2)cc1.c1ccc([C]2[C](c3ccccc3)[C](c3ccccc3)[C]2c2ccccc2)cc1. The van der Waals surface area contributed by atoms with Crippen LogP contribution in [-0.2, 0) is 93.5 Å². The molecule has 94 heavy (non-hydrogen) atoms. The Morgan fingerprint density at radius 1 is 0.330 bits per heavy atom. The number of nitrogens with zero attached hydrogens (tertiary/aromatic N) is 2. The van der Waals surface area contributed by atoms with Gasteiger partial charge >= 0.3 is 0 Å². The van der Waals surface area contributed by atoms with E-state index in [1.807, 2.05) is 51.4 Å². The fourth-order valence-electron chi connectivity index (χ4n) is 10.8. The number of carboxylic acids is 2. The van der Waals surface area contributed by atoms with Gasteiger partial charge in [0.15, 0.2) is 11.8 Å². The van der Waals surface area contributed by atoms with Crippen molar-refractivity contribution in [2.75, 3.05) is 13.2 Å². The van der Waals surface area contributed by atoms with E-state index in [2.05, 4.69) is 280 Å². The van der Waals surface area contributed by atoms with Crippen molar-refractivity contribution in [3.63, 3.8) is 0 Å². The number of carboxylic acid groups (broad SMARTS) is 2. The Hall–Kier alpha value is -6.02. The van der Waals surface area contributed by atoms with Crippen LogP contribution in [0.5, 0.6) is 0 Å². The van der Waals surface area contributed by atoms with Gasteiger partial charge in [0.05, 0.1) is 23.9 Å². The van der Waals surface area contributed by atoms with Crippen LogP contribution in [0.4, 0.5) is 0 Å². The molecule has 0 saturated heterocycles. The Kier molecular flexibility index (Phi) is 33.9. The summed E-state index contributed by atoms with van der Waals surface area (Å²) in [5, 5.41) is 14.8. The molecule has 14 rings (SSSR count). The molecule has 6 aliphatic rings. The van der Waals surface area contributed by atoms with Gasteiger partial charge in [0.1, 0.15) is 13.2 Å². The first kappa shape index (κ1) is 78.7. The second kappa shape index (κ2) is 40.5. The molecule has 8 nitrogen and oxygen atoms in total. The molecular weight excluding hydrogens is 1440 g/mol. The predicted octanol–water partition coefficient (Wildman–Crippen LogP) is 16.8. The molecule has 0 amide bonds. The zero-order valence-electron chi connectivity index (χ0n) is 53.2. The fraction of sp³-hybridized carbons (Fsp3) is 0.146. The van der Waals surface area contributed by atoms with Crippen molar-refractivity contribution < 1.29 is 104 Å². The molecule has 0 unspecified atom stereocenters. The number of hydrogen-bond acceptors (Lipinski definition) is 6. The van der Waals surface area contributed by atoms with Gasteiger partial charge in [-0.25, -0.2) is 9.98 Å². The van der Waals surface area contributed by atoms with Crippen molar-refractivity contribution in [1.82, 2.24) is 0 Å². The Bertz CT molecular complexity index is 2850. The van der Waals surface area contributed by atoms with E-state index < -0.39 is 11.9 Å². The van der Waals surface area contributed by atoms with Crippen LogP contribution in [0.3, 0.4) is 0 Å². The molecule has 2 N–H and O–H groups in total. The predicted molar refractivity (Wildman–Crippen MR) is 362 cm³/mol. The van der Waals surface area contributed by atoms with Crippen molar-refractivity contribution >= 4 is 23.7 Å². The van der Waals surface area contributed by atoms with Crippen LogP contribution in [0, 0.1) is 122 Å². The van der Waals surface area contributed by atoms with Gasteiger partial charge in [0, 0.05) is 136 Å². The third-order valence-electron chi connectivity index (χ3n) is 15.2. The fourth-order valence-corrected chi connectivity index (χ4v) is 10.8. The van der Waals surface area contributed by atoms with E-state index in [4.69, 9.17) is 29.3 Å². The number of aliphatic imine (C=N–C) groups is 2. The van der Waals surface area contributed by atoms with Crippen LogP contribution in [0.25, 0.3) is 0 Å². The van der Waals surface area contributed by atoms with Crippen LogP contribution >= 0.6 is 0 Å². The largest absolute Gasteiger partial charge is 0.481 e. The molecule has 0 spiro atoms. The maximum Gasteiger partial charge on any atom is 0.300 e. The molecule has 2 heterocycles. The van der Waals surface area contributed by atoms with Crippen LogP contribution in [0.15, 0.2) is 253 Å². The van der Waals surface area contributed by atoms with E-state index in [1.165, 1.54) is 91.9 Å². The van der Waals surface area contributed by atoms with Gasteiger partial charge in [-0.05, 0) is 108 Å². The molecule has 2 atom stereocenters. The van der Waals surface area contributed by atoms with E-state index in [0.717, 1.165) is 50.7 Å². The van der Waals surface area contributed by atoms with Crippen LogP contribution in [0.1, 0.15) is 86.1 Å². The van der Waals surface area contributed by atoms with Crippen molar-refractivity contribution in [3.05, 3.63) is 398 Å². The molecule has 12 heteroatoms. The maximum atomic E-state index is 9.00. The first-order chi connectivity index (χ1) is 43.9. The van der Waals surface area contributed by atoms with Gasteiger partial charge in [-0.15, -0.1) is 0 Å². The van der Waals surface area contributed by atoms with Crippen molar-refractivity contribution in [1.29, 1.82) is 0 Å². The quantitative estimate of drug-likeness (QED) is 0.118. The summed E-state index contributed by atoms with van der Waals surface area (Å²) in [7, 11) is 0. The standard InChI is InChI=1S/2C28H20.2C11H14NO.2C2H4O2.2Co.2Pd/c2*1-5-13-21(14-6-1)25-26(22-15-7-2-8-16-22)28(24-19-11-4-12-20-24)27(25)23-17-9-3-10-18-23;2*1-8(2)10-7-13-11(12-10)9-5-3-4-6-9;2*1-2(3)4;;;;/h2*1-20H;2*3-6,8,10H,7H2,1-2H3;2*1H3,(H,3,4);;;;/t;;2*10-;;;;;;/m..11....../s1. The smallest absolute Gasteiger partial charge is 0.300 e. The minimum atomic E-state index is -0.833. The monoisotopic (exact) mass is 1510 g/mol. The second-order valence-corrected chi connectivity index (χ2v) is 22.4. The molecule has 2 aliphatic heterocycles. The van der Waals surface area contributed by atoms with Crippen molar-refractivity contribution in [2.24, 2.45) is 21.8 Å². The number of benzene rings is 8. The Balaban J connectivity index is 0.000000226. The molecule has 0 bridgehead atoms. The average molecular weight is 1520 g/mol. The minimum absolute atomic E-state index is 0. The van der Waals surface area contributed by atoms with Crippen molar-refractivity contribution in [2.45, 2.75) is 53.6 Å². The molecule has 8 aromatic rings. The summed E-state index contributed by atoms with van der Waals surface area (Å²) in [4.78, 5) is 27.0. The summed E-state index contributed by atoms with van der Waals surface area (Å²) in [6, 6.07) is 86.6. The van der Waals surface area contributed by atoms with Gasteiger partial charge in [-0.3, -0.25) is 9.59 Å². The van der Waals surface area contributed by atoms with Crippen LogP contribution in [0.2, 0.25) is 0 Å². The third kappa shape index (κ3) is 21.5. The van der Waals surface area contributed by atoms with Gasteiger partial charge in [-0.2, -0.15) is 0 Å². The van der Waals surface area contributed by atoms with Gasteiger partial charge in [0.25, 0.3) is 11.9 Å². The number of rotatable bonds is 12. The van der Waals surface area contributed by atoms with Gasteiger partial charge in [0.2, 0.25) is 0 Å². The van der Waals surface area contributed by atoms with Crippen LogP contribution in [-0.4, -0.2) is 59.2 Å². The Morgan fingerprint density at radius 3 is 0.606 bits per heavy atom. The zero-order valence-corrected chi connectivity index (χ0v) is 58.3. The molecule has 4 fully saturated rings. The van der Waals surface area contributed by atoms with E-state index in [-0.39, 0.29) is 74.4 Å². The number of ether oxygens (including phenoxy) is 2. The Morgan fingerprint density at radius 2 is 0.479 bits per heavy atom. The molecule has 4 saturated carbocycles. The summed E-state index contributed by atoms with van der Waals surface area (Å²) in [6.45, 7) is 12.3. The van der Waals surface area contributed by atoms with E-state index >= 15 is 0 Å². The first-order valence-electron chi connectivity index (χ1n) is 30.5.